The number of rotatable bonds is 6. The van der Waals surface area contributed by atoms with Gasteiger partial charge in [0, 0.05) is 54.9 Å². The fourth-order valence-corrected chi connectivity index (χ4v) is 7.90. The van der Waals surface area contributed by atoms with Gasteiger partial charge in [0.05, 0.1) is 0 Å². The van der Waals surface area contributed by atoms with Gasteiger partial charge in [0.1, 0.15) is 22.3 Å². The molecule has 8 aromatic carbocycles. The van der Waals surface area contributed by atoms with Crippen molar-refractivity contribution < 1.29 is 8.83 Å². The quantitative estimate of drug-likeness (QED) is 0.171. The molecule has 11 rings (SSSR count). The molecule has 0 fully saturated rings. The van der Waals surface area contributed by atoms with E-state index in [0.29, 0.717) is 17.5 Å². The summed E-state index contributed by atoms with van der Waals surface area (Å²) in [5, 5.41) is 4.02. The fraction of sp³-hybridized carbons (Fsp3) is 0. The number of hydrogen-bond acceptors (Lipinski definition) is 5. The van der Waals surface area contributed by atoms with E-state index in [9.17, 15) is 0 Å². The molecule has 56 heavy (non-hydrogen) atoms. The molecule has 0 spiro atoms. The van der Waals surface area contributed by atoms with Crippen molar-refractivity contribution in [2.45, 2.75) is 0 Å². The van der Waals surface area contributed by atoms with Crippen LogP contribution in [0.25, 0.3) is 111 Å². The lowest BCUT2D eigenvalue weighted by atomic mass is 9.93. The van der Waals surface area contributed by atoms with Gasteiger partial charge in [-0.05, 0) is 47.0 Å². The first kappa shape index (κ1) is 31.9. The maximum atomic E-state index is 7.22. The average molecular weight is 718 g/mol. The molecule has 0 aliphatic rings. The first-order chi connectivity index (χ1) is 27.8. The summed E-state index contributed by atoms with van der Waals surface area (Å²) in [7, 11) is 0. The molecule has 0 amide bonds. The summed E-state index contributed by atoms with van der Waals surface area (Å²) in [4.78, 5) is 15.4. The minimum atomic E-state index is 0.560. The lowest BCUT2D eigenvalue weighted by Crippen LogP contribution is -2.00. The van der Waals surface area contributed by atoms with Gasteiger partial charge in [0.15, 0.2) is 17.5 Å². The molecule has 5 nitrogen and oxygen atoms in total. The highest BCUT2D eigenvalue weighted by Gasteiger charge is 2.25. The van der Waals surface area contributed by atoms with E-state index < -0.39 is 0 Å². The van der Waals surface area contributed by atoms with Gasteiger partial charge in [-0.25, -0.2) is 15.0 Å². The van der Waals surface area contributed by atoms with E-state index in [1.807, 2.05) is 91.0 Å². The zero-order valence-corrected chi connectivity index (χ0v) is 30.1. The molecule has 0 N–H and O–H groups in total. The Morgan fingerprint density at radius 2 is 0.804 bits per heavy atom. The highest BCUT2D eigenvalue weighted by atomic mass is 16.3. The topological polar surface area (TPSA) is 65.0 Å². The predicted octanol–water partition coefficient (Wildman–Crippen LogP) is 13.7. The molecule has 5 heteroatoms. The van der Waals surface area contributed by atoms with E-state index in [0.717, 1.165) is 93.9 Å². The number of hydrogen-bond donors (Lipinski definition) is 0. The standard InChI is InChI=1S/C51H31N3O2/c1-5-16-32(17-6-1)36-30-42(33-18-7-2-8-19-33)47-43(31-36)45-41(51-53-49(34-20-9-3-10-21-34)52-50(54-51)35-22-11-4-12-23-35)29-28-40(48(45)56-47)39-26-15-25-38-37-24-13-14-27-44(37)55-46(38)39/h1-31H. The lowest BCUT2D eigenvalue weighted by Gasteiger charge is -2.11. The summed E-state index contributed by atoms with van der Waals surface area (Å²) < 4.78 is 13.8. The molecular formula is C51H31N3O2. The van der Waals surface area contributed by atoms with Crippen LogP contribution in [-0.2, 0) is 0 Å². The number of aromatic nitrogens is 3. The summed E-state index contributed by atoms with van der Waals surface area (Å²) in [6, 6.07) is 64.4. The van der Waals surface area contributed by atoms with Crippen LogP contribution in [0.5, 0.6) is 0 Å². The van der Waals surface area contributed by atoms with Gasteiger partial charge < -0.3 is 8.83 Å². The minimum absolute atomic E-state index is 0.560. The van der Waals surface area contributed by atoms with Crippen molar-refractivity contribution in [3.63, 3.8) is 0 Å². The molecule has 0 aliphatic heterocycles. The van der Waals surface area contributed by atoms with Crippen LogP contribution >= 0.6 is 0 Å². The molecule has 3 heterocycles. The van der Waals surface area contributed by atoms with E-state index in [-0.39, 0.29) is 0 Å². The molecule has 0 unspecified atom stereocenters. The summed E-state index contributed by atoms with van der Waals surface area (Å²) in [5.41, 5.74) is 12.0. The van der Waals surface area contributed by atoms with Crippen molar-refractivity contribution in [2.24, 2.45) is 0 Å². The average Bonchev–Trinajstić information content (AvgIpc) is 3.86. The van der Waals surface area contributed by atoms with Crippen molar-refractivity contribution in [1.82, 2.24) is 15.0 Å². The SMILES string of the molecule is c1ccc(-c2cc(-c3ccccc3)c3oc4c(-c5cccc6c5oc5ccccc56)ccc(-c5nc(-c6ccccc6)nc(-c6ccccc6)n5)c4c3c2)cc1. The largest absolute Gasteiger partial charge is 0.455 e. The second kappa shape index (κ2) is 13.0. The first-order valence-corrected chi connectivity index (χ1v) is 18.7. The Balaban J connectivity index is 1.27. The van der Waals surface area contributed by atoms with Crippen LogP contribution in [0.15, 0.2) is 197 Å². The summed E-state index contributed by atoms with van der Waals surface area (Å²) in [6.45, 7) is 0. The van der Waals surface area contributed by atoms with Gasteiger partial charge in [0.25, 0.3) is 0 Å². The van der Waals surface area contributed by atoms with Gasteiger partial charge in [-0.3, -0.25) is 0 Å². The van der Waals surface area contributed by atoms with Gasteiger partial charge >= 0.3 is 0 Å². The van der Waals surface area contributed by atoms with Crippen molar-refractivity contribution in [2.75, 3.05) is 0 Å². The molecule has 0 bridgehead atoms. The van der Waals surface area contributed by atoms with Crippen molar-refractivity contribution in [3.8, 4) is 67.5 Å². The molecule has 3 aromatic heterocycles. The second-order valence-electron chi connectivity index (χ2n) is 13.9. The Morgan fingerprint density at radius 3 is 1.48 bits per heavy atom. The number of nitrogens with zero attached hydrogens (tertiary/aromatic N) is 3. The molecule has 11 aromatic rings. The van der Waals surface area contributed by atoms with Crippen molar-refractivity contribution >= 4 is 43.9 Å². The van der Waals surface area contributed by atoms with E-state index in [4.69, 9.17) is 23.8 Å². The van der Waals surface area contributed by atoms with Gasteiger partial charge in [-0.15, -0.1) is 0 Å². The minimum Gasteiger partial charge on any atom is -0.455 e. The van der Waals surface area contributed by atoms with Crippen molar-refractivity contribution in [3.05, 3.63) is 188 Å². The van der Waals surface area contributed by atoms with Crippen LogP contribution in [0.3, 0.4) is 0 Å². The fourth-order valence-electron chi connectivity index (χ4n) is 7.90. The highest BCUT2D eigenvalue weighted by Crippen LogP contribution is 2.47. The van der Waals surface area contributed by atoms with Crippen LogP contribution in [0.1, 0.15) is 0 Å². The molecule has 0 saturated carbocycles. The van der Waals surface area contributed by atoms with E-state index in [2.05, 4.69) is 97.1 Å². The Morgan fingerprint density at radius 1 is 0.286 bits per heavy atom. The Hall–Kier alpha value is -7.63. The smallest absolute Gasteiger partial charge is 0.164 e. The van der Waals surface area contributed by atoms with E-state index in [1.54, 1.807) is 0 Å². The van der Waals surface area contributed by atoms with E-state index >= 15 is 0 Å². The number of furan rings is 2. The predicted molar refractivity (Wildman–Crippen MR) is 227 cm³/mol. The summed E-state index contributed by atoms with van der Waals surface area (Å²) >= 11 is 0. The molecule has 0 aliphatic carbocycles. The van der Waals surface area contributed by atoms with Gasteiger partial charge in [-0.1, -0.05) is 158 Å². The Kier molecular flexibility index (Phi) is 7.42. The maximum Gasteiger partial charge on any atom is 0.164 e. The first-order valence-electron chi connectivity index (χ1n) is 18.7. The number of fused-ring (bicyclic) bond motifs is 6. The van der Waals surface area contributed by atoms with Gasteiger partial charge in [0.2, 0.25) is 0 Å². The zero-order valence-electron chi connectivity index (χ0n) is 30.1. The summed E-state index contributed by atoms with van der Waals surface area (Å²) in [6.07, 6.45) is 0. The molecule has 262 valence electrons. The molecular weight excluding hydrogens is 687 g/mol. The maximum absolute atomic E-state index is 7.22. The number of benzene rings is 8. The molecule has 0 radical (unpaired) electrons. The Bertz CT molecular complexity index is 3170. The van der Waals surface area contributed by atoms with Crippen LogP contribution in [-0.4, -0.2) is 15.0 Å². The van der Waals surface area contributed by atoms with Crippen molar-refractivity contribution in [1.29, 1.82) is 0 Å². The number of para-hydroxylation sites is 2. The third kappa shape index (κ3) is 5.29. The third-order valence-electron chi connectivity index (χ3n) is 10.5. The van der Waals surface area contributed by atoms with Crippen LogP contribution in [0, 0.1) is 0 Å². The monoisotopic (exact) mass is 717 g/mol. The summed E-state index contributed by atoms with van der Waals surface area (Å²) in [5.74, 6) is 1.76. The van der Waals surface area contributed by atoms with Crippen LogP contribution in [0.2, 0.25) is 0 Å². The highest BCUT2D eigenvalue weighted by molar-refractivity contribution is 6.21. The van der Waals surface area contributed by atoms with Gasteiger partial charge in [-0.2, -0.15) is 0 Å². The lowest BCUT2D eigenvalue weighted by molar-refractivity contribution is 0.665. The zero-order chi connectivity index (χ0) is 37.0. The third-order valence-corrected chi connectivity index (χ3v) is 10.5. The van der Waals surface area contributed by atoms with Crippen LogP contribution in [0.4, 0.5) is 0 Å². The molecule has 0 saturated heterocycles. The molecule has 0 atom stereocenters. The Labute approximate surface area is 322 Å². The second-order valence-corrected chi connectivity index (χ2v) is 13.9. The van der Waals surface area contributed by atoms with Crippen LogP contribution < -0.4 is 0 Å². The normalized spacial score (nSPS) is 11.6. The van der Waals surface area contributed by atoms with E-state index in [1.165, 1.54) is 0 Å².